The van der Waals surface area contributed by atoms with E-state index in [0.29, 0.717) is 28.9 Å². The van der Waals surface area contributed by atoms with Gasteiger partial charge in [-0.05, 0) is 36.6 Å². The molecule has 0 aliphatic rings. The first-order valence-corrected chi connectivity index (χ1v) is 6.48. The number of halogens is 2. The minimum absolute atomic E-state index is 0.0616. The first-order chi connectivity index (χ1) is 8.02. The van der Waals surface area contributed by atoms with Gasteiger partial charge in [0.05, 0.1) is 0 Å². The lowest BCUT2D eigenvalue weighted by atomic mass is 10.00. The molecular formula is C13H17BrFNO. The summed E-state index contributed by atoms with van der Waals surface area (Å²) in [6.45, 7) is 2.59. The predicted octanol–water partition coefficient (Wildman–Crippen LogP) is 3.07. The monoisotopic (exact) mass is 301 g/mol. The summed E-state index contributed by atoms with van der Waals surface area (Å²) < 4.78 is 14.2. The van der Waals surface area contributed by atoms with Crippen molar-refractivity contribution in [3.63, 3.8) is 0 Å². The summed E-state index contributed by atoms with van der Waals surface area (Å²) in [5, 5.41) is 0. The fraction of sp³-hybridized carbons (Fsp3) is 0.462. The molecule has 2 N–H and O–H groups in total. The summed E-state index contributed by atoms with van der Waals surface area (Å²) in [6.07, 6.45) is 1.40. The van der Waals surface area contributed by atoms with Crippen LogP contribution in [0.25, 0.3) is 0 Å². The standard InChI is InChI=1S/C13H17BrFNO/c1-9(8-16)2-5-12(17)6-10-3-4-11(14)7-13(10)15/h3-4,7,9H,2,5-6,8,16H2,1H3. The van der Waals surface area contributed by atoms with Gasteiger partial charge in [0.2, 0.25) is 0 Å². The van der Waals surface area contributed by atoms with E-state index in [2.05, 4.69) is 15.9 Å². The predicted molar refractivity (Wildman–Crippen MR) is 70.3 cm³/mol. The van der Waals surface area contributed by atoms with E-state index in [-0.39, 0.29) is 18.0 Å². The Hall–Kier alpha value is -0.740. The van der Waals surface area contributed by atoms with Gasteiger partial charge in [-0.3, -0.25) is 4.79 Å². The molecular weight excluding hydrogens is 285 g/mol. The molecule has 4 heteroatoms. The number of nitrogens with two attached hydrogens (primary N) is 1. The lowest BCUT2D eigenvalue weighted by Gasteiger charge is -2.07. The van der Waals surface area contributed by atoms with E-state index >= 15 is 0 Å². The molecule has 0 amide bonds. The molecule has 0 radical (unpaired) electrons. The maximum Gasteiger partial charge on any atom is 0.137 e. The highest BCUT2D eigenvalue weighted by Gasteiger charge is 2.10. The summed E-state index contributed by atoms with van der Waals surface area (Å²) in [7, 11) is 0. The van der Waals surface area contributed by atoms with Crippen LogP contribution in [0.1, 0.15) is 25.3 Å². The normalized spacial score (nSPS) is 12.5. The average Bonchev–Trinajstić information content (AvgIpc) is 2.29. The minimum Gasteiger partial charge on any atom is -0.330 e. The first-order valence-electron chi connectivity index (χ1n) is 5.68. The van der Waals surface area contributed by atoms with E-state index in [9.17, 15) is 9.18 Å². The van der Waals surface area contributed by atoms with Gasteiger partial charge in [0.1, 0.15) is 11.6 Å². The topological polar surface area (TPSA) is 43.1 Å². The highest BCUT2D eigenvalue weighted by Crippen LogP contribution is 2.16. The summed E-state index contributed by atoms with van der Waals surface area (Å²) in [5.41, 5.74) is 5.93. The van der Waals surface area contributed by atoms with E-state index < -0.39 is 0 Å². The number of hydrogen-bond acceptors (Lipinski definition) is 2. The lowest BCUT2D eigenvalue weighted by molar-refractivity contribution is -0.118. The molecule has 0 bridgehead atoms. The average molecular weight is 302 g/mol. The molecule has 0 heterocycles. The molecule has 1 aromatic carbocycles. The van der Waals surface area contributed by atoms with Crippen LogP contribution in [0, 0.1) is 11.7 Å². The molecule has 0 fully saturated rings. The lowest BCUT2D eigenvalue weighted by Crippen LogP contribution is -2.13. The number of ketones is 1. The molecule has 0 aromatic heterocycles. The Morgan fingerprint density at radius 2 is 2.24 bits per heavy atom. The Kier molecular flexibility index (Phi) is 5.78. The van der Waals surface area contributed by atoms with Crippen LogP contribution in [0.3, 0.4) is 0 Å². The van der Waals surface area contributed by atoms with Crippen LogP contribution in [-0.4, -0.2) is 12.3 Å². The first kappa shape index (κ1) is 14.3. The van der Waals surface area contributed by atoms with Gasteiger partial charge in [0.25, 0.3) is 0 Å². The second kappa shape index (κ2) is 6.87. The zero-order valence-electron chi connectivity index (χ0n) is 9.88. The summed E-state index contributed by atoms with van der Waals surface area (Å²) in [5.74, 6) is 0.0693. The maximum absolute atomic E-state index is 13.5. The molecule has 0 saturated carbocycles. The fourth-order valence-electron chi connectivity index (χ4n) is 1.49. The van der Waals surface area contributed by atoms with Crippen LogP contribution in [0.4, 0.5) is 4.39 Å². The molecule has 1 aromatic rings. The van der Waals surface area contributed by atoms with Gasteiger partial charge in [0.15, 0.2) is 0 Å². The zero-order valence-corrected chi connectivity index (χ0v) is 11.5. The third-order valence-electron chi connectivity index (χ3n) is 2.72. The number of carbonyl (C=O) groups excluding carboxylic acids is 1. The van der Waals surface area contributed by atoms with E-state index in [4.69, 9.17) is 5.73 Å². The Labute approximate surface area is 110 Å². The van der Waals surface area contributed by atoms with Crippen molar-refractivity contribution in [2.24, 2.45) is 11.7 Å². The van der Waals surface area contributed by atoms with E-state index in [1.807, 2.05) is 6.92 Å². The van der Waals surface area contributed by atoms with E-state index in [1.54, 1.807) is 12.1 Å². The van der Waals surface area contributed by atoms with Gasteiger partial charge in [-0.15, -0.1) is 0 Å². The quantitative estimate of drug-likeness (QED) is 0.877. The third-order valence-corrected chi connectivity index (χ3v) is 3.21. The molecule has 0 saturated heterocycles. The second-order valence-electron chi connectivity index (χ2n) is 4.33. The summed E-state index contributed by atoms with van der Waals surface area (Å²) >= 11 is 3.18. The number of benzene rings is 1. The van der Waals surface area contributed by atoms with Gasteiger partial charge in [-0.1, -0.05) is 28.9 Å². The van der Waals surface area contributed by atoms with Crippen LogP contribution in [0.2, 0.25) is 0 Å². The van der Waals surface area contributed by atoms with Crippen LogP contribution < -0.4 is 5.73 Å². The molecule has 1 rings (SSSR count). The summed E-state index contributed by atoms with van der Waals surface area (Å²) in [6, 6.07) is 4.77. The van der Waals surface area contributed by atoms with Crippen molar-refractivity contribution in [2.75, 3.05) is 6.54 Å². The van der Waals surface area contributed by atoms with Crippen molar-refractivity contribution in [1.82, 2.24) is 0 Å². The SMILES string of the molecule is CC(CN)CCC(=O)Cc1ccc(Br)cc1F. The molecule has 1 atom stereocenters. The van der Waals surface area contributed by atoms with Crippen molar-refractivity contribution >= 4 is 21.7 Å². The number of hydrogen-bond donors (Lipinski definition) is 1. The maximum atomic E-state index is 13.5. The minimum atomic E-state index is -0.334. The van der Waals surface area contributed by atoms with Crippen molar-refractivity contribution in [3.8, 4) is 0 Å². The number of carbonyl (C=O) groups is 1. The zero-order chi connectivity index (χ0) is 12.8. The van der Waals surface area contributed by atoms with Crippen LogP contribution in [-0.2, 0) is 11.2 Å². The van der Waals surface area contributed by atoms with Crippen molar-refractivity contribution in [1.29, 1.82) is 0 Å². The number of rotatable bonds is 6. The Bertz CT molecular complexity index is 395. The molecule has 1 unspecified atom stereocenters. The molecule has 0 aliphatic carbocycles. The van der Waals surface area contributed by atoms with Gasteiger partial charge in [-0.25, -0.2) is 4.39 Å². The van der Waals surface area contributed by atoms with Crippen molar-refractivity contribution < 1.29 is 9.18 Å². The van der Waals surface area contributed by atoms with Gasteiger partial charge < -0.3 is 5.73 Å². The summed E-state index contributed by atoms with van der Waals surface area (Å²) in [4.78, 5) is 11.7. The Morgan fingerprint density at radius 3 is 2.82 bits per heavy atom. The smallest absolute Gasteiger partial charge is 0.137 e. The largest absolute Gasteiger partial charge is 0.330 e. The third kappa shape index (κ3) is 4.96. The van der Waals surface area contributed by atoms with Crippen LogP contribution in [0.15, 0.2) is 22.7 Å². The molecule has 17 heavy (non-hydrogen) atoms. The molecule has 2 nitrogen and oxygen atoms in total. The Morgan fingerprint density at radius 1 is 1.53 bits per heavy atom. The van der Waals surface area contributed by atoms with Gasteiger partial charge >= 0.3 is 0 Å². The van der Waals surface area contributed by atoms with E-state index in [1.165, 1.54) is 6.07 Å². The Balaban J connectivity index is 2.50. The molecule has 0 aliphatic heterocycles. The second-order valence-corrected chi connectivity index (χ2v) is 5.25. The van der Waals surface area contributed by atoms with Crippen LogP contribution >= 0.6 is 15.9 Å². The van der Waals surface area contributed by atoms with E-state index in [0.717, 1.165) is 6.42 Å². The molecule has 0 spiro atoms. The molecule has 94 valence electrons. The highest BCUT2D eigenvalue weighted by atomic mass is 79.9. The van der Waals surface area contributed by atoms with Crippen LogP contribution in [0.5, 0.6) is 0 Å². The van der Waals surface area contributed by atoms with Crippen molar-refractivity contribution in [2.45, 2.75) is 26.2 Å². The van der Waals surface area contributed by atoms with Gasteiger partial charge in [-0.2, -0.15) is 0 Å². The fourth-order valence-corrected chi connectivity index (χ4v) is 1.82. The number of Topliss-reactive ketones (excluding diaryl/α,β-unsaturated/α-hetero) is 1. The van der Waals surface area contributed by atoms with Gasteiger partial charge in [0, 0.05) is 17.3 Å². The highest BCUT2D eigenvalue weighted by molar-refractivity contribution is 9.10. The van der Waals surface area contributed by atoms with Crippen molar-refractivity contribution in [3.05, 3.63) is 34.1 Å².